The van der Waals surface area contributed by atoms with Crippen LogP contribution in [0.1, 0.15) is 43.2 Å². The first kappa shape index (κ1) is 13.3. The zero-order chi connectivity index (χ0) is 13.5. The van der Waals surface area contributed by atoms with Gasteiger partial charge in [-0.15, -0.1) is 0 Å². The van der Waals surface area contributed by atoms with Crippen molar-refractivity contribution >= 4 is 12.1 Å². The molecule has 0 radical (unpaired) electrons. The Bertz CT molecular complexity index is 493. The molecule has 19 heavy (non-hydrogen) atoms. The summed E-state index contributed by atoms with van der Waals surface area (Å²) in [5.41, 5.74) is 4.07. The van der Waals surface area contributed by atoms with E-state index in [2.05, 4.69) is 16.6 Å². The summed E-state index contributed by atoms with van der Waals surface area (Å²) in [5, 5.41) is 12.6. The van der Waals surface area contributed by atoms with Crippen LogP contribution in [0.15, 0.2) is 29.4 Å². The van der Waals surface area contributed by atoms with Gasteiger partial charge in [0, 0.05) is 5.92 Å². The van der Waals surface area contributed by atoms with Gasteiger partial charge in [-0.05, 0) is 30.5 Å². The van der Waals surface area contributed by atoms with Gasteiger partial charge in [0.25, 0.3) is 0 Å². The summed E-state index contributed by atoms with van der Waals surface area (Å²) in [6, 6.07) is 9.11. The van der Waals surface area contributed by atoms with Crippen molar-refractivity contribution in [2.24, 2.45) is 11.0 Å². The second-order valence-corrected chi connectivity index (χ2v) is 4.80. The quantitative estimate of drug-likeness (QED) is 0.666. The lowest BCUT2D eigenvalue weighted by molar-refractivity contribution is -0.125. The molecule has 4 heteroatoms. The van der Waals surface area contributed by atoms with E-state index in [0.717, 1.165) is 31.2 Å². The van der Waals surface area contributed by atoms with Gasteiger partial charge in [0.1, 0.15) is 0 Å². The zero-order valence-corrected chi connectivity index (χ0v) is 10.8. The van der Waals surface area contributed by atoms with Crippen molar-refractivity contribution < 1.29 is 4.79 Å². The molecule has 1 amide bonds. The summed E-state index contributed by atoms with van der Waals surface area (Å²) in [7, 11) is 0. The molecule has 1 aromatic rings. The van der Waals surface area contributed by atoms with E-state index in [4.69, 9.17) is 5.26 Å². The number of nitriles is 1. The van der Waals surface area contributed by atoms with E-state index in [9.17, 15) is 4.79 Å². The van der Waals surface area contributed by atoms with Gasteiger partial charge in [-0.3, -0.25) is 4.79 Å². The molecule has 0 aromatic heterocycles. The highest BCUT2D eigenvalue weighted by Gasteiger charge is 2.20. The van der Waals surface area contributed by atoms with Crippen LogP contribution < -0.4 is 5.43 Å². The minimum absolute atomic E-state index is 0.0181. The Hall–Kier alpha value is -2.15. The first-order valence-corrected chi connectivity index (χ1v) is 6.62. The van der Waals surface area contributed by atoms with Crippen LogP contribution in [0.4, 0.5) is 0 Å². The second kappa shape index (κ2) is 6.69. The number of benzene rings is 1. The first-order valence-electron chi connectivity index (χ1n) is 6.62. The van der Waals surface area contributed by atoms with E-state index in [1.54, 1.807) is 30.5 Å². The number of carbonyl (C=O) groups is 1. The van der Waals surface area contributed by atoms with Crippen molar-refractivity contribution in [1.29, 1.82) is 5.26 Å². The van der Waals surface area contributed by atoms with Crippen LogP contribution in [-0.2, 0) is 4.79 Å². The SMILES string of the molecule is N#Cc1ccc(/C=N\NC(=O)C2CCCCC2)cc1. The number of hydrogen-bond acceptors (Lipinski definition) is 3. The van der Waals surface area contributed by atoms with Gasteiger partial charge in [-0.25, -0.2) is 5.43 Å². The largest absolute Gasteiger partial charge is 0.273 e. The van der Waals surface area contributed by atoms with Crippen molar-refractivity contribution in [3.8, 4) is 6.07 Å². The molecular formula is C15H17N3O. The topological polar surface area (TPSA) is 65.2 Å². The molecule has 0 bridgehead atoms. The lowest BCUT2D eigenvalue weighted by Gasteiger charge is -2.19. The summed E-state index contributed by atoms with van der Waals surface area (Å²) in [4.78, 5) is 11.8. The van der Waals surface area contributed by atoms with Crippen LogP contribution in [0.3, 0.4) is 0 Å². The molecule has 1 N–H and O–H groups in total. The van der Waals surface area contributed by atoms with Crippen molar-refractivity contribution in [3.63, 3.8) is 0 Å². The van der Waals surface area contributed by atoms with E-state index >= 15 is 0 Å². The Morgan fingerprint density at radius 3 is 2.58 bits per heavy atom. The monoisotopic (exact) mass is 255 g/mol. The molecule has 1 aliphatic rings. The Balaban J connectivity index is 1.85. The second-order valence-electron chi connectivity index (χ2n) is 4.80. The fourth-order valence-corrected chi connectivity index (χ4v) is 2.27. The molecular weight excluding hydrogens is 238 g/mol. The van der Waals surface area contributed by atoms with Crippen molar-refractivity contribution in [2.45, 2.75) is 32.1 Å². The Kier molecular flexibility index (Phi) is 4.68. The number of rotatable bonds is 3. The van der Waals surface area contributed by atoms with Crippen molar-refractivity contribution in [1.82, 2.24) is 5.43 Å². The molecule has 1 saturated carbocycles. The molecule has 0 unspecified atom stereocenters. The summed E-state index contributed by atoms with van der Waals surface area (Å²) in [6.45, 7) is 0. The van der Waals surface area contributed by atoms with Crippen LogP contribution >= 0.6 is 0 Å². The molecule has 0 atom stereocenters. The maximum atomic E-state index is 11.8. The van der Waals surface area contributed by atoms with Crippen molar-refractivity contribution in [3.05, 3.63) is 35.4 Å². The smallest absolute Gasteiger partial charge is 0.243 e. The predicted octanol–water partition coefficient (Wildman–Crippen LogP) is 2.59. The molecule has 0 spiro atoms. The van der Waals surface area contributed by atoms with Gasteiger partial charge < -0.3 is 0 Å². The summed E-state index contributed by atoms with van der Waals surface area (Å²) < 4.78 is 0. The normalized spacial score (nSPS) is 16.2. The number of hydrogen-bond donors (Lipinski definition) is 1. The number of carbonyl (C=O) groups excluding carboxylic acids is 1. The molecule has 1 aromatic carbocycles. The maximum absolute atomic E-state index is 11.8. The molecule has 0 aliphatic heterocycles. The summed E-state index contributed by atoms with van der Waals surface area (Å²) in [6.07, 6.45) is 7.05. The van der Waals surface area contributed by atoms with Gasteiger partial charge in [-0.1, -0.05) is 31.4 Å². The van der Waals surface area contributed by atoms with Crippen LogP contribution in [0.5, 0.6) is 0 Å². The molecule has 1 aliphatic carbocycles. The summed E-state index contributed by atoms with van der Waals surface area (Å²) >= 11 is 0. The van der Waals surface area contributed by atoms with Crippen LogP contribution in [0.2, 0.25) is 0 Å². The fraction of sp³-hybridized carbons (Fsp3) is 0.400. The van der Waals surface area contributed by atoms with E-state index in [1.807, 2.05) is 0 Å². The maximum Gasteiger partial charge on any atom is 0.243 e. The minimum atomic E-state index is 0.0181. The average Bonchev–Trinajstić information content (AvgIpc) is 2.49. The highest BCUT2D eigenvalue weighted by molar-refractivity contribution is 5.83. The fourth-order valence-electron chi connectivity index (χ4n) is 2.27. The van der Waals surface area contributed by atoms with Crippen LogP contribution in [-0.4, -0.2) is 12.1 Å². The first-order chi connectivity index (χ1) is 9.29. The molecule has 98 valence electrons. The number of amides is 1. The van der Waals surface area contributed by atoms with Gasteiger partial charge in [0.15, 0.2) is 0 Å². The highest BCUT2D eigenvalue weighted by Crippen LogP contribution is 2.23. The third kappa shape index (κ3) is 3.92. The highest BCUT2D eigenvalue weighted by atomic mass is 16.2. The van der Waals surface area contributed by atoms with Gasteiger partial charge >= 0.3 is 0 Å². The zero-order valence-electron chi connectivity index (χ0n) is 10.8. The minimum Gasteiger partial charge on any atom is -0.273 e. The van der Waals surface area contributed by atoms with Gasteiger partial charge in [0.2, 0.25) is 5.91 Å². The molecule has 0 saturated heterocycles. The van der Waals surface area contributed by atoms with E-state index < -0.39 is 0 Å². The Labute approximate surface area is 113 Å². The molecule has 1 fully saturated rings. The standard InChI is InChI=1S/C15H17N3O/c16-10-12-6-8-13(9-7-12)11-17-18-15(19)14-4-2-1-3-5-14/h6-9,11,14H,1-5H2,(H,18,19)/b17-11-. The number of nitrogens with zero attached hydrogens (tertiary/aromatic N) is 2. The third-order valence-electron chi connectivity index (χ3n) is 3.40. The Morgan fingerprint density at radius 1 is 1.26 bits per heavy atom. The predicted molar refractivity (Wildman–Crippen MR) is 73.5 cm³/mol. The third-order valence-corrected chi connectivity index (χ3v) is 3.40. The molecule has 0 heterocycles. The van der Waals surface area contributed by atoms with E-state index in [-0.39, 0.29) is 11.8 Å². The van der Waals surface area contributed by atoms with Gasteiger partial charge in [-0.2, -0.15) is 10.4 Å². The summed E-state index contributed by atoms with van der Waals surface area (Å²) in [5.74, 6) is 0.136. The average molecular weight is 255 g/mol. The van der Waals surface area contributed by atoms with Crippen LogP contribution in [0.25, 0.3) is 0 Å². The number of hydrazone groups is 1. The van der Waals surface area contributed by atoms with E-state index in [0.29, 0.717) is 5.56 Å². The lowest BCUT2D eigenvalue weighted by atomic mass is 9.89. The van der Waals surface area contributed by atoms with Crippen molar-refractivity contribution in [2.75, 3.05) is 0 Å². The van der Waals surface area contributed by atoms with E-state index in [1.165, 1.54) is 6.42 Å². The molecule has 2 rings (SSSR count). The van der Waals surface area contributed by atoms with Crippen LogP contribution in [0, 0.1) is 17.2 Å². The number of nitrogens with one attached hydrogen (secondary N) is 1. The lowest BCUT2D eigenvalue weighted by Crippen LogP contribution is -2.28. The molecule has 4 nitrogen and oxygen atoms in total. The van der Waals surface area contributed by atoms with Gasteiger partial charge in [0.05, 0.1) is 17.8 Å². The Morgan fingerprint density at radius 2 is 1.95 bits per heavy atom.